The van der Waals surface area contributed by atoms with Gasteiger partial charge in [-0.05, 0) is 25.3 Å². The van der Waals surface area contributed by atoms with Crippen LogP contribution in [0.3, 0.4) is 0 Å². The van der Waals surface area contributed by atoms with Gasteiger partial charge in [0.15, 0.2) is 11.6 Å². The molecule has 0 amide bonds. The van der Waals surface area contributed by atoms with Crippen molar-refractivity contribution in [2.75, 3.05) is 0 Å². The van der Waals surface area contributed by atoms with Crippen LogP contribution in [-0.2, 0) is 0 Å². The van der Waals surface area contributed by atoms with Crippen LogP contribution in [0.1, 0.15) is 25.7 Å². The number of aliphatic hydroxyl groups excluding tert-OH is 1. The number of halogens is 1. The van der Waals surface area contributed by atoms with E-state index >= 15 is 0 Å². The molecular formula is C12H14FNO4. The molecule has 0 bridgehead atoms. The summed E-state index contributed by atoms with van der Waals surface area (Å²) in [4.78, 5) is 9.80. The number of nitrogens with zero attached hydrogens (tertiary/aromatic N) is 1. The molecule has 0 aromatic heterocycles. The van der Waals surface area contributed by atoms with E-state index in [4.69, 9.17) is 4.74 Å². The zero-order chi connectivity index (χ0) is 13.1. The minimum Gasteiger partial charge on any atom is -0.485 e. The number of nitro groups is 1. The van der Waals surface area contributed by atoms with Crippen LogP contribution in [-0.4, -0.2) is 22.2 Å². The van der Waals surface area contributed by atoms with E-state index in [1.54, 1.807) is 0 Å². The first kappa shape index (κ1) is 12.8. The van der Waals surface area contributed by atoms with Crippen LogP contribution >= 0.6 is 0 Å². The van der Waals surface area contributed by atoms with E-state index in [9.17, 15) is 19.6 Å². The molecule has 2 atom stereocenters. The lowest BCUT2D eigenvalue weighted by atomic mass is 9.95. The van der Waals surface area contributed by atoms with E-state index in [0.29, 0.717) is 12.8 Å². The Hall–Kier alpha value is -1.69. The number of nitro benzene ring substituents is 1. The fraction of sp³-hybridized carbons (Fsp3) is 0.500. The Bertz CT molecular complexity index is 452. The fourth-order valence-electron chi connectivity index (χ4n) is 2.08. The summed E-state index contributed by atoms with van der Waals surface area (Å²) >= 11 is 0. The highest BCUT2D eigenvalue weighted by atomic mass is 19.1. The Morgan fingerprint density at radius 3 is 2.72 bits per heavy atom. The Kier molecular flexibility index (Phi) is 3.76. The molecule has 0 aliphatic heterocycles. The van der Waals surface area contributed by atoms with Crippen molar-refractivity contribution in [2.45, 2.75) is 37.9 Å². The number of ether oxygens (including phenoxy) is 1. The third-order valence-corrected chi connectivity index (χ3v) is 3.07. The summed E-state index contributed by atoms with van der Waals surface area (Å²) in [6.45, 7) is 0. The minimum absolute atomic E-state index is 0.0495. The van der Waals surface area contributed by atoms with Crippen LogP contribution in [0.4, 0.5) is 10.1 Å². The molecule has 0 unspecified atom stereocenters. The number of non-ortho nitro benzene ring substituents is 1. The van der Waals surface area contributed by atoms with Crippen LogP contribution in [0.5, 0.6) is 5.75 Å². The van der Waals surface area contributed by atoms with Crippen LogP contribution in [0.15, 0.2) is 18.2 Å². The number of benzene rings is 1. The molecule has 98 valence electrons. The van der Waals surface area contributed by atoms with Gasteiger partial charge in [0.05, 0.1) is 17.1 Å². The minimum atomic E-state index is -0.776. The highest BCUT2D eigenvalue weighted by molar-refractivity contribution is 5.37. The summed E-state index contributed by atoms with van der Waals surface area (Å²) in [6.07, 6.45) is 2.12. The second-order valence-corrected chi connectivity index (χ2v) is 4.38. The number of rotatable bonds is 3. The van der Waals surface area contributed by atoms with Crippen molar-refractivity contribution < 1.29 is 19.2 Å². The first-order chi connectivity index (χ1) is 8.58. The van der Waals surface area contributed by atoms with Crippen molar-refractivity contribution in [2.24, 2.45) is 0 Å². The van der Waals surface area contributed by atoms with Gasteiger partial charge < -0.3 is 9.84 Å². The van der Waals surface area contributed by atoms with Crippen molar-refractivity contribution >= 4 is 5.69 Å². The first-order valence-electron chi connectivity index (χ1n) is 5.86. The smallest absolute Gasteiger partial charge is 0.272 e. The van der Waals surface area contributed by atoms with Crippen LogP contribution in [0, 0.1) is 15.9 Å². The van der Waals surface area contributed by atoms with Gasteiger partial charge in [0.25, 0.3) is 5.69 Å². The average Bonchev–Trinajstić information content (AvgIpc) is 2.34. The Labute approximate surface area is 103 Å². The van der Waals surface area contributed by atoms with Gasteiger partial charge in [-0.2, -0.15) is 0 Å². The maximum atomic E-state index is 13.6. The van der Waals surface area contributed by atoms with Crippen LogP contribution in [0.2, 0.25) is 0 Å². The van der Waals surface area contributed by atoms with E-state index < -0.39 is 22.9 Å². The predicted molar refractivity (Wildman–Crippen MR) is 61.9 cm³/mol. The van der Waals surface area contributed by atoms with E-state index in [1.807, 2.05) is 0 Å². The molecule has 0 spiro atoms. The number of hydrogen-bond donors (Lipinski definition) is 1. The molecule has 18 heavy (non-hydrogen) atoms. The SMILES string of the molecule is O=[N+]([O-])c1ccc(O[C@@H]2CCCC[C@H]2O)c(F)c1. The molecule has 1 saturated carbocycles. The molecule has 1 N–H and O–H groups in total. The zero-order valence-corrected chi connectivity index (χ0v) is 9.71. The van der Waals surface area contributed by atoms with Crippen molar-refractivity contribution in [3.8, 4) is 5.75 Å². The zero-order valence-electron chi connectivity index (χ0n) is 9.71. The Morgan fingerprint density at radius 1 is 1.39 bits per heavy atom. The van der Waals surface area contributed by atoms with Crippen molar-refractivity contribution in [1.82, 2.24) is 0 Å². The maximum absolute atomic E-state index is 13.6. The van der Waals surface area contributed by atoms with Gasteiger partial charge in [0, 0.05) is 6.07 Å². The molecule has 1 aromatic rings. The summed E-state index contributed by atoms with van der Waals surface area (Å²) in [7, 11) is 0. The standard InChI is InChI=1S/C12H14FNO4/c13-9-7-8(14(16)17)5-6-11(9)18-12-4-2-1-3-10(12)15/h5-7,10,12,15H,1-4H2/t10-,12-/m1/s1. The summed E-state index contributed by atoms with van der Waals surface area (Å²) in [5.74, 6) is -0.825. The monoisotopic (exact) mass is 255 g/mol. The molecule has 0 radical (unpaired) electrons. The molecule has 1 aliphatic carbocycles. The van der Waals surface area contributed by atoms with E-state index in [2.05, 4.69) is 0 Å². The maximum Gasteiger partial charge on any atom is 0.272 e. The molecule has 0 heterocycles. The molecule has 5 nitrogen and oxygen atoms in total. The normalized spacial score (nSPS) is 23.7. The number of aliphatic hydroxyl groups is 1. The van der Waals surface area contributed by atoms with Crippen LogP contribution in [0.25, 0.3) is 0 Å². The van der Waals surface area contributed by atoms with Crippen molar-refractivity contribution in [1.29, 1.82) is 0 Å². The van der Waals surface area contributed by atoms with Gasteiger partial charge >= 0.3 is 0 Å². The lowest BCUT2D eigenvalue weighted by Crippen LogP contribution is -2.34. The molecular weight excluding hydrogens is 241 g/mol. The predicted octanol–water partition coefficient (Wildman–Crippen LogP) is 2.42. The highest BCUT2D eigenvalue weighted by Crippen LogP contribution is 2.27. The van der Waals surface area contributed by atoms with Gasteiger partial charge in [0.2, 0.25) is 0 Å². The topological polar surface area (TPSA) is 72.6 Å². The van der Waals surface area contributed by atoms with Gasteiger partial charge in [-0.15, -0.1) is 0 Å². The van der Waals surface area contributed by atoms with Gasteiger partial charge in [-0.1, -0.05) is 6.42 Å². The third-order valence-electron chi connectivity index (χ3n) is 3.07. The van der Waals surface area contributed by atoms with Crippen LogP contribution < -0.4 is 4.74 Å². The second kappa shape index (κ2) is 5.30. The summed E-state index contributed by atoms with van der Waals surface area (Å²) in [5, 5.41) is 20.2. The van der Waals surface area contributed by atoms with Gasteiger partial charge in [-0.3, -0.25) is 10.1 Å². The molecule has 2 rings (SSSR count). The second-order valence-electron chi connectivity index (χ2n) is 4.38. The molecule has 6 heteroatoms. The van der Waals surface area contributed by atoms with E-state index in [0.717, 1.165) is 18.9 Å². The van der Waals surface area contributed by atoms with Crippen molar-refractivity contribution in [3.05, 3.63) is 34.1 Å². The summed E-state index contributed by atoms with van der Waals surface area (Å²) in [5.41, 5.74) is -0.316. The lowest BCUT2D eigenvalue weighted by Gasteiger charge is -2.28. The third kappa shape index (κ3) is 2.76. The molecule has 1 fully saturated rings. The summed E-state index contributed by atoms with van der Waals surface area (Å²) < 4.78 is 19.0. The number of hydrogen-bond acceptors (Lipinski definition) is 4. The van der Waals surface area contributed by atoms with E-state index in [1.165, 1.54) is 12.1 Å². The summed E-state index contributed by atoms with van der Waals surface area (Å²) in [6, 6.07) is 3.24. The van der Waals surface area contributed by atoms with Crippen molar-refractivity contribution in [3.63, 3.8) is 0 Å². The Balaban J connectivity index is 2.11. The Morgan fingerprint density at radius 2 is 2.11 bits per heavy atom. The van der Waals surface area contributed by atoms with Gasteiger partial charge in [0.1, 0.15) is 6.10 Å². The largest absolute Gasteiger partial charge is 0.485 e. The lowest BCUT2D eigenvalue weighted by molar-refractivity contribution is -0.385. The molecule has 1 aliphatic rings. The molecule has 1 aromatic carbocycles. The van der Waals surface area contributed by atoms with Gasteiger partial charge in [-0.25, -0.2) is 4.39 Å². The quantitative estimate of drug-likeness (QED) is 0.665. The first-order valence-corrected chi connectivity index (χ1v) is 5.86. The molecule has 0 saturated heterocycles. The fourth-order valence-corrected chi connectivity index (χ4v) is 2.08. The average molecular weight is 255 g/mol. The van der Waals surface area contributed by atoms with E-state index in [-0.39, 0.29) is 11.4 Å². The highest BCUT2D eigenvalue weighted by Gasteiger charge is 2.26.